The van der Waals surface area contributed by atoms with Gasteiger partial charge in [-0.05, 0) is 31.0 Å². The molecule has 32 heavy (non-hydrogen) atoms. The van der Waals surface area contributed by atoms with Crippen LogP contribution in [0.4, 0.5) is 0 Å². The van der Waals surface area contributed by atoms with Crippen molar-refractivity contribution in [1.29, 1.82) is 0 Å². The lowest BCUT2D eigenvalue weighted by molar-refractivity contribution is -0.131. The summed E-state index contributed by atoms with van der Waals surface area (Å²) in [6, 6.07) is 9.40. The summed E-state index contributed by atoms with van der Waals surface area (Å²) in [6.45, 7) is 8.33. The van der Waals surface area contributed by atoms with Gasteiger partial charge in [0.15, 0.2) is 0 Å². The molecule has 3 atom stereocenters. The van der Waals surface area contributed by atoms with Crippen LogP contribution < -0.4 is 4.74 Å². The first-order valence-electron chi connectivity index (χ1n) is 11.1. The van der Waals surface area contributed by atoms with Gasteiger partial charge in [0.2, 0.25) is 11.8 Å². The van der Waals surface area contributed by atoms with E-state index in [9.17, 15) is 14.7 Å². The highest BCUT2D eigenvalue weighted by Crippen LogP contribution is 2.31. The number of hydrogen-bond acceptors (Lipinski definition) is 5. The van der Waals surface area contributed by atoms with Crippen LogP contribution in [0, 0.1) is 12.8 Å². The smallest absolute Gasteiger partial charge is 0.259 e. The van der Waals surface area contributed by atoms with E-state index in [4.69, 9.17) is 4.74 Å². The highest BCUT2D eigenvalue weighted by atomic mass is 16.5. The van der Waals surface area contributed by atoms with E-state index in [1.54, 1.807) is 23.0 Å². The Labute approximate surface area is 190 Å². The first-order chi connectivity index (χ1) is 15.3. The van der Waals surface area contributed by atoms with Gasteiger partial charge in [0, 0.05) is 37.7 Å². The van der Waals surface area contributed by atoms with Crippen molar-refractivity contribution in [2.24, 2.45) is 5.92 Å². The summed E-state index contributed by atoms with van der Waals surface area (Å²) in [5.41, 5.74) is 3.28. The highest BCUT2D eigenvalue weighted by molar-refractivity contribution is 5.98. The molecule has 0 saturated heterocycles. The predicted molar refractivity (Wildman–Crippen MR) is 124 cm³/mol. The van der Waals surface area contributed by atoms with Crippen LogP contribution in [0.15, 0.2) is 36.5 Å². The van der Waals surface area contributed by atoms with Gasteiger partial charge in [-0.15, -0.1) is 0 Å². The molecule has 2 amide bonds. The van der Waals surface area contributed by atoms with Gasteiger partial charge < -0.3 is 19.6 Å². The van der Waals surface area contributed by atoms with Crippen LogP contribution in [-0.4, -0.2) is 70.6 Å². The number of benzene rings is 1. The number of ether oxygens (including phenoxy) is 1. The summed E-state index contributed by atoms with van der Waals surface area (Å²) in [5.74, 6) is 0.0118. The van der Waals surface area contributed by atoms with E-state index in [1.165, 1.54) is 0 Å². The Morgan fingerprint density at radius 1 is 1.34 bits per heavy atom. The molecule has 1 aliphatic rings. The van der Waals surface area contributed by atoms with E-state index in [-0.39, 0.29) is 42.4 Å². The fraction of sp³-hybridized carbons (Fsp3) is 0.480. The van der Waals surface area contributed by atoms with Gasteiger partial charge in [0.25, 0.3) is 5.91 Å². The van der Waals surface area contributed by atoms with Crippen LogP contribution in [0.5, 0.6) is 5.88 Å². The van der Waals surface area contributed by atoms with Gasteiger partial charge in [-0.25, -0.2) is 4.98 Å². The van der Waals surface area contributed by atoms with Crippen molar-refractivity contribution in [1.82, 2.24) is 14.8 Å². The molecule has 0 spiro atoms. The number of likely N-dealkylation sites (N-methyl/N-ethyl adjacent to an activating group) is 1. The lowest BCUT2D eigenvalue weighted by Gasteiger charge is -2.37. The summed E-state index contributed by atoms with van der Waals surface area (Å²) in [7, 11) is 1.76. The minimum Gasteiger partial charge on any atom is -0.472 e. The number of fused-ring (bicyclic) bond motifs is 1. The van der Waals surface area contributed by atoms with E-state index in [2.05, 4.69) is 4.98 Å². The standard InChI is InChI=1S/C25H33N3O4/c1-6-23(30)27(5)14-22-17(3)13-28(18(4)15-29)25(31)21-11-19(12-26-24(21)32-22)20-10-8-7-9-16(20)2/h7-12,17-18,22,29H,6,13-15H2,1-5H3/t17-,18-,22-/m1/s1. The van der Waals surface area contributed by atoms with E-state index in [0.29, 0.717) is 25.1 Å². The minimum absolute atomic E-state index is 0.0302. The Bertz CT molecular complexity index is 977. The molecule has 1 aromatic heterocycles. The Hall–Kier alpha value is -2.93. The van der Waals surface area contributed by atoms with Crippen molar-refractivity contribution < 1.29 is 19.4 Å². The number of carbonyl (C=O) groups excluding carboxylic acids is 2. The second kappa shape index (κ2) is 10.1. The van der Waals surface area contributed by atoms with Gasteiger partial charge in [-0.3, -0.25) is 9.59 Å². The molecule has 0 fully saturated rings. The summed E-state index contributed by atoms with van der Waals surface area (Å²) in [6.07, 6.45) is 1.80. The third-order valence-corrected chi connectivity index (χ3v) is 6.16. The second-order valence-electron chi connectivity index (χ2n) is 8.64. The molecular formula is C25H33N3O4. The number of aromatic nitrogens is 1. The molecule has 0 radical (unpaired) electrons. The van der Waals surface area contributed by atoms with Crippen molar-refractivity contribution in [2.45, 2.75) is 46.3 Å². The minimum atomic E-state index is -0.353. The van der Waals surface area contributed by atoms with E-state index >= 15 is 0 Å². The van der Waals surface area contributed by atoms with Gasteiger partial charge in [0.05, 0.1) is 19.2 Å². The van der Waals surface area contributed by atoms with E-state index in [0.717, 1.165) is 16.7 Å². The molecule has 3 rings (SSSR count). The average molecular weight is 440 g/mol. The van der Waals surface area contributed by atoms with Crippen LogP contribution in [-0.2, 0) is 4.79 Å². The molecule has 172 valence electrons. The third-order valence-electron chi connectivity index (χ3n) is 6.16. The number of hydrogen-bond donors (Lipinski definition) is 1. The molecule has 2 aromatic rings. The Kier molecular flexibility index (Phi) is 7.51. The number of nitrogens with zero attached hydrogens (tertiary/aromatic N) is 3. The number of rotatable bonds is 6. The summed E-state index contributed by atoms with van der Waals surface area (Å²) < 4.78 is 6.25. The largest absolute Gasteiger partial charge is 0.472 e. The number of aryl methyl sites for hydroxylation is 1. The summed E-state index contributed by atoms with van der Waals surface area (Å²) in [5, 5.41) is 9.79. The highest BCUT2D eigenvalue weighted by Gasteiger charge is 2.34. The molecule has 7 nitrogen and oxygen atoms in total. The molecule has 1 N–H and O–H groups in total. The maximum Gasteiger partial charge on any atom is 0.259 e. The van der Waals surface area contributed by atoms with E-state index in [1.807, 2.05) is 58.0 Å². The molecule has 1 aliphatic heterocycles. The molecule has 0 unspecified atom stereocenters. The van der Waals surface area contributed by atoms with Crippen LogP contribution in [0.1, 0.15) is 43.1 Å². The molecule has 7 heteroatoms. The third kappa shape index (κ3) is 4.93. The Morgan fingerprint density at radius 2 is 2.06 bits per heavy atom. The fourth-order valence-electron chi connectivity index (χ4n) is 4.01. The van der Waals surface area contributed by atoms with Crippen molar-refractivity contribution in [3.8, 4) is 17.0 Å². The number of amides is 2. The Morgan fingerprint density at radius 3 is 2.72 bits per heavy atom. The van der Waals surface area contributed by atoms with Crippen LogP contribution >= 0.6 is 0 Å². The SMILES string of the molecule is CCC(=O)N(C)C[C@H]1Oc2ncc(-c3ccccc3C)cc2C(=O)N([C@H](C)CO)C[C@H]1C. The number of pyridine rings is 1. The van der Waals surface area contributed by atoms with E-state index < -0.39 is 0 Å². The first kappa shape index (κ1) is 23.7. The van der Waals surface area contributed by atoms with Gasteiger partial charge in [-0.1, -0.05) is 38.1 Å². The van der Waals surface area contributed by atoms with Gasteiger partial charge in [-0.2, -0.15) is 0 Å². The number of aliphatic hydroxyl groups excluding tert-OH is 1. The molecule has 0 saturated carbocycles. The lowest BCUT2D eigenvalue weighted by Crippen LogP contribution is -2.50. The average Bonchev–Trinajstić information content (AvgIpc) is 2.80. The first-order valence-corrected chi connectivity index (χ1v) is 11.1. The normalized spacial score (nSPS) is 19.4. The quantitative estimate of drug-likeness (QED) is 0.748. The lowest BCUT2D eigenvalue weighted by atomic mass is 9.98. The predicted octanol–water partition coefficient (Wildman–Crippen LogP) is 3.15. The van der Waals surface area contributed by atoms with Crippen molar-refractivity contribution in [3.63, 3.8) is 0 Å². The zero-order valence-corrected chi connectivity index (χ0v) is 19.5. The van der Waals surface area contributed by atoms with Gasteiger partial charge >= 0.3 is 0 Å². The topological polar surface area (TPSA) is 83.0 Å². The van der Waals surface area contributed by atoms with Crippen molar-refractivity contribution in [2.75, 3.05) is 26.7 Å². The van der Waals surface area contributed by atoms with Gasteiger partial charge in [0.1, 0.15) is 11.7 Å². The monoisotopic (exact) mass is 439 g/mol. The molecule has 0 bridgehead atoms. The number of aliphatic hydroxyl groups is 1. The summed E-state index contributed by atoms with van der Waals surface area (Å²) >= 11 is 0. The Balaban J connectivity index is 2.05. The maximum atomic E-state index is 13.5. The summed E-state index contributed by atoms with van der Waals surface area (Å²) in [4.78, 5) is 33.5. The fourth-order valence-corrected chi connectivity index (χ4v) is 4.01. The maximum absolute atomic E-state index is 13.5. The van der Waals surface area contributed by atoms with Crippen LogP contribution in [0.3, 0.4) is 0 Å². The zero-order chi connectivity index (χ0) is 23.4. The van der Waals surface area contributed by atoms with Crippen LogP contribution in [0.25, 0.3) is 11.1 Å². The molecular weight excluding hydrogens is 406 g/mol. The number of carbonyl (C=O) groups is 2. The van der Waals surface area contributed by atoms with Crippen LogP contribution in [0.2, 0.25) is 0 Å². The molecule has 1 aromatic carbocycles. The van der Waals surface area contributed by atoms with Crippen molar-refractivity contribution >= 4 is 11.8 Å². The molecule has 0 aliphatic carbocycles. The molecule has 2 heterocycles. The second-order valence-corrected chi connectivity index (χ2v) is 8.64. The zero-order valence-electron chi connectivity index (χ0n) is 19.5. The van der Waals surface area contributed by atoms with Crippen molar-refractivity contribution in [3.05, 3.63) is 47.7 Å².